The van der Waals surface area contributed by atoms with Gasteiger partial charge in [-0.2, -0.15) is 0 Å². The van der Waals surface area contributed by atoms with Crippen LogP contribution in [0.1, 0.15) is 41.6 Å². The molecule has 0 spiro atoms. The van der Waals surface area contributed by atoms with Crippen molar-refractivity contribution in [3.05, 3.63) is 75.6 Å². The van der Waals surface area contributed by atoms with Crippen molar-refractivity contribution in [2.24, 2.45) is 5.92 Å². The molecule has 0 radical (unpaired) electrons. The van der Waals surface area contributed by atoms with Crippen molar-refractivity contribution in [2.45, 2.75) is 38.3 Å². The van der Waals surface area contributed by atoms with Crippen LogP contribution in [-0.2, 0) is 11.3 Å². The monoisotopic (exact) mass is 468 g/mol. The molecule has 2 aliphatic rings. The number of carbonyl (C=O) groups is 2. The predicted octanol–water partition coefficient (Wildman–Crippen LogP) is 3.37. The molecule has 0 aromatic heterocycles. The highest BCUT2D eigenvalue weighted by atomic mass is 19.1. The fourth-order valence-corrected chi connectivity index (χ4v) is 5.03. The summed E-state index contributed by atoms with van der Waals surface area (Å²) in [6, 6.07) is 11.7. The summed E-state index contributed by atoms with van der Waals surface area (Å²) in [5.74, 6) is -0.374. The van der Waals surface area contributed by atoms with Crippen LogP contribution in [0.2, 0.25) is 0 Å². The predicted molar refractivity (Wildman–Crippen MR) is 125 cm³/mol. The lowest BCUT2D eigenvalue weighted by Crippen LogP contribution is -2.57. The zero-order chi connectivity index (χ0) is 24.1. The number of hydrogen-bond donors (Lipinski definition) is 1. The fraction of sp³-hybridized carbons (Fsp3) is 0.440. The van der Waals surface area contributed by atoms with Gasteiger partial charge in [0.05, 0.1) is 11.0 Å². The Kier molecular flexibility index (Phi) is 7.52. The van der Waals surface area contributed by atoms with Gasteiger partial charge in [-0.3, -0.25) is 24.6 Å². The van der Waals surface area contributed by atoms with Gasteiger partial charge in [0.15, 0.2) is 0 Å². The smallest absolute Gasteiger partial charge is 0.270 e. The first-order valence-corrected chi connectivity index (χ1v) is 11.7. The molecule has 4 rings (SSSR count). The Morgan fingerprint density at radius 3 is 2.44 bits per heavy atom. The third-order valence-electron chi connectivity index (χ3n) is 6.77. The highest BCUT2D eigenvalue weighted by Gasteiger charge is 2.37. The number of piperazine rings is 1. The average Bonchev–Trinajstić information content (AvgIpc) is 3.37. The summed E-state index contributed by atoms with van der Waals surface area (Å²) >= 11 is 0. The third-order valence-corrected chi connectivity index (χ3v) is 6.77. The molecule has 180 valence electrons. The summed E-state index contributed by atoms with van der Waals surface area (Å²) in [7, 11) is 0. The summed E-state index contributed by atoms with van der Waals surface area (Å²) in [6.45, 7) is 2.26. The van der Waals surface area contributed by atoms with Gasteiger partial charge in [-0.05, 0) is 42.5 Å². The van der Waals surface area contributed by atoms with Crippen molar-refractivity contribution in [2.75, 3.05) is 26.2 Å². The molecule has 2 aromatic carbocycles. The Labute approximate surface area is 197 Å². The standard InChI is InChI=1S/C25H29FN4O4/c26-21-9-3-5-18(15-21)17-27-24(31)23(19-6-1-2-7-19)28-11-13-29(14-12-28)25(32)20-8-4-10-22(16-20)30(33)34/h3-5,8-10,15-16,19,23H,1-2,6-7,11-14,17H2,(H,27,31). The number of rotatable bonds is 7. The van der Waals surface area contributed by atoms with Crippen molar-refractivity contribution in [3.63, 3.8) is 0 Å². The highest BCUT2D eigenvalue weighted by molar-refractivity contribution is 5.95. The molecule has 2 amide bonds. The topological polar surface area (TPSA) is 95.8 Å². The number of halogens is 1. The minimum atomic E-state index is -0.511. The number of hydrogen-bond acceptors (Lipinski definition) is 5. The van der Waals surface area contributed by atoms with Gasteiger partial charge in [0.2, 0.25) is 5.91 Å². The second-order valence-electron chi connectivity index (χ2n) is 8.97. The first-order valence-electron chi connectivity index (χ1n) is 11.7. The first kappa shape index (κ1) is 23.8. The van der Waals surface area contributed by atoms with Crippen molar-refractivity contribution in [1.82, 2.24) is 15.1 Å². The zero-order valence-corrected chi connectivity index (χ0v) is 19.0. The Hall–Kier alpha value is -3.33. The van der Waals surface area contributed by atoms with Gasteiger partial charge in [-0.15, -0.1) is 0 Å². The number of amides is 2. The number of nitro groups is 1. The van der Waals surface area contributed by atoms with E-state index in [-0.39, 0.29) is 41.8 Å². The molecule has 8 nitrogen and oxygen atoms in total. The highest BCUT2D eigenvalue weighted by Crippen LogP contribution is 2.31. The largest absolute Gasteiger partial charge is 0.351 e. The normalized spacial score (nSPS) is 18.0. The molecule has 1 N–H and O–H groups in total. The van der Waals surface area contributed by atoms with E-state index in [1.807, 2.05) is 0 Å². The second kappa shape index (κ2) is 10.7. The van der Waals surface area contributed by atoms with Gasteiger partial charge in [0.1, 0.15) is 5.82 Å². The molecular formula is C25H29FN4O4. The van der Waals surface area contributed by atoms with Crippen LogP contribution in [0.4, 0.5) is 10.1 Å². The van der Waals surface area contributed by atoms with Gasteiger partial charge in [0, 0.05) is 50.4 Å². The summed E-state index contributed by atoms with van der Waals surface area (Å²) in [5, 5.41) is 14.0. The van der Waals surface area contributed by atoms with E-state index in [0.29, 0.717) is 37.3 Å². The Balaban J connectivity index is 1.39. The molecule has 1 heterocycles. The number of nitro benzene ring substituents is 1. The molecule has 9 heteroatoms. The molecule has 2 aromatic rings. The van der Waals surface area contributed by atoms with Gasteiger partial charge in [0.25, 0.3) is 11.6 Å². The number of non-ortho nitro benzene ring substituents is 1. The third kappa shape index (κ3) is 5.59. The summed E-state index contributed by atoms with van der Waals surface area (Å²) in [6.07, 6.45) is 4.18. The van der Waals surface area contributed by atoms with Crippen LogP contribution in [0.3, 0.4) is 0 Å². The van der Waals surface area contributed by atoms with Crippen LogP contribution >= 0.6 is 0 Å². The minimum absolute atomic E-state index is 0.0605. The lowest BCUT2D eigenvalue weighted by Gasteiger charge is -2.40. The van der Waals surface area contributed by atoms with E-state index in [0.717, 1.165) is 25.7 Å². The van der Waals surface area contributed by atoms with Gasteiger partial charge in [-0.1, -0.05) is 31.0 Å². The van der Waals surface area contributed by atoms with E-state index >= 15 is 0 Å². The van der Waals surface area contributed by atoms with E-state index in [9.17, 15) is 24.1 Å². The maximum atomic E-state index is 13.5. The molecule has 1 saturated heterocycles. The maximum Gasteiger partial charge on any atom is 0.270 e. The van der Waals surface area contributed by atoms with Gasteiger partial charge >= 0.3 is 0 Å². The SMILES string of the molecule is O=C(NCc1cccc(F)c1)C(C1CCCC1)N1CCN(C(=O)c2cccc([N+](=O)[O-])c2)CC1. The molecule has 1 aliphatic heterocycles. The van der Waals surface area contributed by atoms with Crippen LogP contribution in [0.15, 0.2) is 48.5 Å². The lowest BCUT2D eigenvalue weighted by atomic mass is 9.94. The van der Waals surface area contributed by atoms with Crippen LogP contribution in [0.5, 0.6) is 0 Å². The lowest BCUT2D eigenvalue weighted by molar-refractivity contribution is -0.384. The molecule has 1 unspecified atom stereocenters. The molecule has 2 fully saturated rings. The van der Waals surface area contributed by atoms with Crippen LogP contribution in [0.25, 0.3) is 0 Å². The molecule has 1 saturated carbocycles. The summed E-state index contributed by atoms with van der Waals surface area (Å²) < 4.78 is 13.5. The number of nitrogens with zero attached hydrogens (tertiary/aromatic N) is 3. The van der Waals surface area contributed by atoms with Crippen molar-refractivity contribution in [1.29, 1.82) is 0 Å². The molecular weight excluding hydrogens is 439 g/mol. The van der Waals surface area contributed by atoms with E-state index in [4.69, 9.17) is 0 Å². The second-order valence-corrected chi connectivity index (χ2v) is 8.97. The van der Waals surface area contributed by atoms with E-state index < -0.39 is 4.92 Å². The van der Waals surface area contributed by atoms with E-state index in [1.165, 1.54) is 30.3 Å². The van der Waals surface area contributed by atoms with E-state index in [1.54, 1.807) is 23.1 Å². The van der Waals surface area contributed by atoms with E-state index in [2.05, 4.69) is 10.2 Å². The number of nitrogens with one attached hydrogen (secondary N) is 1. The fourth-order valence-electron chi connectivity index (χ4n) is 5.03. The van der Waals surface area contributed by atoms with Crippen molar-refractivity contribution in [3.8, 4) is 0 Å². The number of carbonyl (C=O) groups excluding carboxylic acids is 2. The quantitative estimate of drug-likeness (QED) is 0.497. The average molecular weight is 469 g/mol. The van der Waals surface area contributed by atoms with Crippen molar-refractivity contribution < 1.29 is 18.9 Å². The number of benzene rings is 2. The summed E-state index contributed by atoms with van der Waals surface area (Å²) in [5.41, 5.74) is 0.898. The molecule has 0 bridgehead atoms. The first-order chi connectivity index (χ1) is 16.4. The Bertz CT molecular complexity index is 1050. The molecule has 1 atom stereocenters. The van der Waals surface area contributed by atoms with Crippen molar-refractivity contribution >= 4 is 17.5 Å². The molecule has 1 aliphatic carbocycles. The Morgan fingerprint density at radius 1 is 1.06 bits per heavy atom. The van der Waals surface area contributed by atoms with Gasteiger partial charge < -0.3 is 10.2 Å². The van der Waals surface area contributed by atoms with Gasteiger partial charge in [-0.25, -0.2) is 4.39 Å². The molecule has 34 heavy (non-hydrogen) atoms. The zero-order valence-electron chi connectivity index (χ0n) is 19.0. The Morgan fingerprint density at radius 2 is 1.76 bits per heavy atom. The minimum Gasteiger partial charge on any atom is -0.351 e. The maximum absolute atomic E-state index is 13.5. The van der Waals surface area contributed by atoms with Crippen LogP contribution in [-0.4, -0.2) is 58.8 Å². The summed E-state index contributed by atoms with van der Waals surface area (Å²) in [4.78, 5) is 40.5. The van der Waals surface area contributed by atoms with Crippen LogP contribution in [0, 0.1) is 21.8 Å². The van der Waals surface area contributed by atoms with Crippen LogP contribution < -0.4 is 5.32 Å².